The summed E-state index contributed by atoms with van der Waals surface area (Å²) < 4.78 is 0. The van der Waals surface area contributed by atoms with Crippen LogP contribution < -0.4 is 5.32 Å². The predicted octanol–water partition coefficient (Wildman–Crippen LogP) is 4.30. The summed E-state index contributed by atoms with van der Waals surface area (Å²) in [5, 5.41) is 3.49. The van der Waals surface area contributed by atoms with Gasteiger partial charge in [0, 0.05) is 16.8 Å². The van der Waals surface area contributed by atoms with Crippen LogP contribution in [0, 0.1) is 6.92 Å². The van der Waals surface area contributed by atoms with Crippen molar-refractivity contribution < 1.29 is 4.79 Å². The van der Waals surface area contributed by atoms with E-state index in [9.17, 15) is 4.79 Å². The molecule has 2 aromatic carbocycles. The summed E-state index contributed by atoms with van der Waals surface area (Å²) in [5.74, 6) is -0.158. The minimum absolute atomic E-state index is 0.158. The Kier molecular flexibility index (Phi) is 4.37. The molecule has 0 spiro atoms. The lowest BCUT2D eigenvalue weighted by Gasteiger charge is -2.05. The van der Waals surface area contributed by atoms with Gasteiger partial charge in [0.05, 0.1) is 0 Å². The molecular formula is C16H14ClNO. The van der Waals surface area contributed by atoms with E-state index in [-0.39, 0.29) is 5.91 Å². The fraction of sp³-hybridized carbons (Fsp3) is 0.0625. The Bertz CT molecular complexity index is 620. The molecule has 19 heavy (non-hydrogen) atoms. The molecule has 0 aliphatic carbocycles. The van der Waals surface area contributed by atoms with Gasteiger partial charge in [-0.25, -0.2) is 0 Å². The molecule has 2 rings (SSSR count). The highest BCUT2D eigenvalue weighted by Gasteiger charge is 2.00. The van der Waals surface area contributed by atoms with Crippen molar-refractivity contribution in [3.8, 4) is 0 Å². The van der Waals surface area contributed by atoms with Gasteiger partial charge in [-0.05, 0) is 42.3 Å². The van der Waals surface area contributed by atoms with E-state index >= 15 is 0 Å². The third-order valence-electron chi connectivity index (χ3n) is 2.68. The summed E-state index contributed by atoms with van der Waals surface area (Å²) in [5.41, 5.74) is 2.75. The summed E-state index contributed by atoms with van der Waals surface area (Å²) in [6.45, 7) is 1.95. The first kappa shape index (κ1) is 13.4. The molecule has 96 valence electrons. The predicted molar refractivity (Wildman–Crippen MR) is 80.3 cm³/mol. The lowest BCUT2D eigenvalue weighted by atomic mass is 10.2. The van der Waals surface area contributed by atoms with Gasteiger partial charge < -0.3 is 5.32 Å². The van der Waals surface area contributed by atoms with Crippen LogP contribution in [-0.2, 0) is 4.79 Å². The fourth-order valence-corrected chi connectivity index (χ4v) is 1.87. The molecule has 0 saturated carbocycles. The highest BCUT2D eigenvalue weighted by Crippen LogP contribution is 2.14. The fourth-order valence-electron chi connectivity index (χ4n) is 1.67. The molecule has 1 N–H and O–H groups in total. The van der Waals surface area contributed by atoms with Crippen LogP contribution in [0.4, 0.5) is 5.69 Å². The second-order valence-electron chi connectivity index (χ2n) is 4.19. The number of hydrogen-bond donors (Lipinski definition) is 1. The van der Waals surface area contributed by atoms with Crippen LogP contribution >= 0.6 is 11.6 Å². The maximum absolute atomic E-state index is 11.8. The number of halogens is 1. The summed E-state index contributed by atoms with van der Waals surface area (Å²) in [6, 6.07) is 15.0. The Labute approximate surface area is 117 Å². The van der Waals surface area contributed by atoms with Crippen LogP contribution in [0.3, 0.4) is 0 Å². The molecule has 3 heteroatoms. The van der Waals surface area contributed by atoms with Gasteiger partial charge in [-0.15, -0.1) is 0 Å². The average Bonchev–Trinajstić information content (AvgIpc) is 2.39. The van der Waals surface area contributed by atoms with Gasteiger partial charge in [0.1, 0.15) is 0 Å². The number of carbonyl (C=O) groups excluding carboxylic acids is 1. The molecule has 1 amide bonds. The third kappa shape index (κ3) is 3.97. The maximum atomic E-state index is 11.8. The van der Waals surface area contributed by atoms with Crippen molar-refractivity contribution in [2.24, 2.45) is 0 Å². The Morgan fingerprint density at radius 3 is 2.68 bits per heavy atom. The van der Waals surface area contributed by atoms with E-state index in [0.29, 0.717) is 5.02 Å². The van der Waals surface area contributed by atoms with Crippen molar-refractivity contribution in [2.45, 2.75) is 6.92 Å². The summed E-state index contributed by atoms with van der Waals surface area (Å²) >= 11 is 5.88. The lowest BCUT2D eigenvalue weighted by molar-refractivity contribution is -0.111. The normalized spacial score (nSPS) is 10.6. The molecule has 0 saturated heterocycles. The summed E-state index contributed by atoms with van der Waals surface area (Å²) in [4.78, 5) is 11.8. The quantitative estimate of drug-likeness (QED) is 0.829. The highest BCUT2D eigenvalue weighted by atomic mass is 35.5. The number of benzene rings is 2. The van der Waals surface area contributed by atoms with Crippen molar-refractivity contribution in [1.82, 2.24) is 0 Å². The SMILES string of the molecule is Cc1ccccc1NC(=O)C=Cc1cccc(Cl)c1. The monoisotopic (exact) mass is 271 g/mol. The van der Waals surface area contributed by atoms with Gasteiger partial charge in [-0.3, -0.25) is 4.79 Å². The number of nitrogens with one attached hydrogen (secondary N) is 1. The standard InChI is InChI=1S/C16H14ClNO/c1-12-5-2-3-8-15(12)18-16(19)10-9-13-6-4-7-14(17)11-13/h2-11H,1H3,(H,18,19). The van der Waals surface area contributed by atoms with Crippen molar-refractivity contribution in [3.63, 3.8) is 0 Å². The third-order valence-corrected chi connectivity index (χ3v) is 2.91. The minimum atomic E-state index is -0.158. The molecule has 0 radical (unpaired) electrons. The van der Waals surface area contributed by atoms with Crippen molar-refractivity contribution in [1.29, 1.82) is 0 Å². The second kappa shape index (κ2) is 6.21. The van der Waals surface area contributed by atoms with E-state index < -0.39 is 0 Å². The number of amides is 1. The molecule has 0 atom stereocenters. The number of aryl methyl sites for hydroxylation is 1. The first-order chi connectivity index (χ1) is 9.15. The topological polar surface area (TPSA) is 29.1 Å². The van der Waals surface area contributed by atoms with E-state index in [1.165, 1.54) is 6.08 Å². The Morgan fingerprint density at radius 1 is 1.16 bits per heavy atom. The van der Waals surface area contributed by atoms with Gasteiger partial charge in [0.15, 0.2) is 0 Å². The number of carbonyl (C=O) groups is 1. The zero-order chi connectivity index (χ0) is 13.7. The van der Waals surface area contributed by atoms with E-state index in [0.717, 1.165) is 16.8 Å². The molecule has 0 aromatic heterocycles. The molecule has 2 nitrogen and oxygen atoms in total. The Balaban J connectivity index is 2.04. The van der Waals surface area contributed by atoms with Crippen LogP contribution in [0.25, 0.3) is 6.08 Å². The molecule has 0 aliphatic rings. The maximum Gasteiger partial charge on any atom is 0.248 e. The molecule has 0 fully saturated rings. The smallest absolute Gasteiger partial charge is 0.248 e. The number of hydrogen-bond acceptors (Lipinski definition) is 1. The van der Waals surface area contributed by atoms with E-state index in [1.54, 1.807) is 18.2 Å². The van der Waals surface area contributed by atoms with Crippen LogP contribution in [-0.4, -0.2) is 5.91 Å². The van der Waals surface area contributed by atoms with Gasteiger partial charge in [0.2, 0.25) is 5.91 Å². The Morgan fingerprint density at radius 2 is 1.95 bits per heavy atom. The zero-order valence-corrected chi connectivity index (χ0v) is 11.3. The van der Waals surface area contributed by atoms with Crippen molar-refractivity contribution in [3.05, 3.63) is 70.8 Å². The lowest BCUT2D eigenvalue weighted by Crippen LogP contribution is -2.08. The second-order valence-corrected chi connectivity index (χ2v) is 4.63. The average molecular weight is 272 g/mol. The highest BCUT2D eigenvalue weighted by molar-refractivity contribution is 6.30. The molecule has 0 heterocycles. The van der Waals surface area contributed by atoms with E-state index in [1.807, 2.05) is 43.3 Å². The van der Waals surface area contributed by atoms with Gasteiger partial charge in [-0.1, -0.05) is 41.9 Å². The van der Waals surface area contributed by atoms with Gasteiger partial charge >= 0.3 is 0 Å². The van der Waals surface area contributed by atoms with Gasteiger partial charge in [-0.2, -0.15) is 0 Å². The van der Waals surface area contributed by atoms with Crippen LogP contribution in [0.15, 0.2) is 54.6 Å². The van der Waals surface area contributed by atoms with Crippen molar-refractivity contribution >= 4 is 29.3 Å². The first-order valence-electron chi connectivity index (χ1n) is 5.95. The zero-order valence-electron chi connectivity index (χ0n) is 10.6. The van der Waals surface area contributed by atoms with Crippen LogP contribution in [0.2, 0.25) is 5.02 Å². The van der Waals surface area contributed by atoms with Gasteiger partial charge in [0.25, 0.3) is 0 Å². The number of para-hydroxylation sites is 1. The van der Waals surface area contributed by atoms with E-state index in [4.69, 9.17) is 11.6 Å². The summed E-state index contributed by atoms with van der Waals surface area (Å²) in [6.07, 6.45) is 3.23. The number of anilines is 1. The molecule has 0 aliphatic heterocycles. The Hall–Kier alpha value is -2.06. The van der Waals surface area contributed by atoms with Crippen LogP contribution in [0.5, 0.6) is 0 Å². The van der Waals surface area contributed by atoms with Crippen molar-refractivity contribution in [2.75, 3.05) is 5.32 Å². The molecule has 2 aromatic rings. The van der Waals surface area contributed by atoms with Crippen LogP contribution in [0.1, 0.15) is 11.1 Å². The number of rotatable bonds is 3. The van der Waals surface area contributed by atoms with E-state index in [2.05, 4.69) is 5.32 Å². The molecule has 0 unspecified atom stereocenters. The molecule has 0 bridgehead atoms. The minimum Gasteiger partial charge on any atom is -0.322 e. The molecular weight excluding hydrogens is 258 g/mol. The largest absolute Gasteiger partial charge is 0.322 e. The summed E-state index contributed by atoms with van der Waals surface area (Å²) in [7, 11) is 0. The first-order valence-corrected chi connectivity index (χ1v) is 6.33.